The summed E-state index contributed by atoms with van der Waals surface area (Å²) >= 11 is 3.45. The Morgan fingerprint density at radius 2 is 2.10 bits per heavy atom. The van der Waals surface area contributed by atoms with Crippen LogP contribution in [0.15, 0.2) is 35.5 Å². The Hall–Kier alpha value is -2.18. The summed E-state index contributed by atoms with van der Waals surface area (Å²) in [6.45, 7) is 2.34. The smallest absolute Gasteiger partial charge is 0.175 e. The van der Waals surface area contributed by atoms with Gasteiger partial charge < -0.3 is 4.98 Å². The van der Waals surface area contributed by atoms with Gasteiger partial charge in [0.15, 0.2) is 5.78 Å². The van der Waals surface area contributed by atoms with Gasteiger partial charge in [-0.05, 0) is 49.7 Å². The van der Waals surface area contributed by atoms with E-state index in [1.165, 1.54) is 35.1 Å². The quantitative estimate of drug-likeness (QED) is 0.233. The molecule has 4 aromatic rings. The topological polar surface area (TPSA) is 58.6 Å². The summed E-state index contributed by atoms with van der Waals surface area (Å²) in [6, 6.07) is 7.98. The molecule has 1 saturated carbocycles. The number of aromatic amines is 1. The summed E-state index contributed by atoms with van der Waals surface area (Å²) in [4.78, 5) is 28.8. The standard InChI is InChI=1S/C24H23N3OS2/c1-13-6-9-16-20(10-13)30-24-21(16)23(26-22(27-24)14-7-8-14)29-12-19(28)17-11-25-18-5-3-2-4-15(17)18/h2-5,11,13-14,25H,6-10,12H2,1H3. The number of hydrogen-bond donors (Lipinski definition) is 1. The zero-order valence-corrected chi connectivity index (χ0v) is 18.5. The van der Waals surface area contributed by atoms with E-state index in [1.54, 1.807) is 11.8 Å². The van der Waals surface area contributed by atoms with E-state index in [9.17, 15) is 4.79 Å². The third-order valence-electron chi connectivity index (χ3n) is 6.31. The van der Waals surface area contributed by atoms with Crippen molar-refractivity contribution in [1.29, 1.82) is 0 Å². The maximum absolute atomic E-state index is 13.0. The van der Waals surface area contributed by atoms with E-state index in [2.05, 4.69) is 11.9 Å². The van der Waals surface area contributed by atoms with Crippen molar-refractivity contribution in [3.8, 4) is 0 Å². The number of carbonyl (C=O) groups excluding carboxylic acids is 1. The molecule has 0 amide bonds. The van der Waals surface area contributed by atoms with Crippen molar-refractivity contribution in [1.82, 2.24) is 15.0 Å². The van der Waals surface area contributed by atoms with E-state index in [0.717, 1.165) is 50.9 Å². The predicted octanol–water partition coefficient (Wildman–Crippen LogP) is 6.15. The summed E-state index contributed by atoms with van der Waals surface area (Å²) < 4.78 is 0. The number of thioether (sulfide) groups is 1. The van der Waals surface area contributed by atoms with Crippen molar-refractivity contribution in [3.63, 3.8) is 0 Å². The van der Waals surface area contributed by atoms with Crippen LogP contribution < -0.4 is 0 Å². The average Bonchev–Trinajstić information content (AvgIpc) is 3.41. The largest absolute Gasteiger partial charge is 0.360 e. The van der Waals surface area contributed by atoms with Gasteiger partial charge in [-0.25, -0.2) is 9.97 Å². The molecule has 4 nitrogen and oxygen atoms in total. The van der Waals surface area contributed by atoms with Gasteiger partial charge >= 0.3 is 0 Å². The zero-order valence-electron chi connectivity index (χ0n) is 16.9. The van der Waals surface area contributed by atoms with E-state index in [-0.39, 0.29) is 5.78 Å². The fourth-order valence-electron chi connectivity index (χ4n) is 4.47. The fourth-order valence-corrected chi connectivity index (χ4v) is 6.87. The molecule has 2 aliphatic carbocycles. The van der Waals surface area contributed by atoms with Crippen LogP contribution in [-0.2, 0) is 12.8 Å². The molecule has 0 saturated heterocycles. The fraction of sp³-hybridized carbons (Fsp3) is 0.375. The molecule has 30 heavy (non-hydrogen) atoms. The first kappa shape index (κ1) is 18.6. The number of H-pyrrole nitrogens is 1. The highest BCUT2D eigenvalue weighted by Crippen LogP contribution is 2.44. The molecule has 1 unspecified atom stereocenters. The molecule has 0 spiro atoms. The molecule has 0 aliphatic heterocycles. The molecule has 6 rings (SSSR count). The summed E-state index contributed by atoms with van der Waals surface area (Å²) in [5, 5.41) is 3.24. The summed E-state index contributed by atoms with van der Waals surface area (Å²) in [6.07, 6.45) is 7.69. The van der Waals surface area contributed by atoms with Crippen LogP contribution in [-0.4, -0.2) is 26.5 Å². The summed E-state index contributed by atoms with van der Waals surface area (Å²) in [7, 11) is 0. The minimum Gasteiger partial charge on any atom is -0.360 e. The van der Waals surface area contributed by atoms with Crippen LogP contribution in [0.4, 0.5) is 0 Å². The maximum atomic E-state index is 13.0. The van der Waals surface area contributed by atoms with Crippen molar-refractivity contribution in [3.05, 3.63) is 52.3 Å². The summed E-state index contributed by atoms with van der Waals surface area (Å²) in [5.74, 6) is 2.78. The number of thiophene rings is 1. The first-order valence-electron chi connectivity index (χ1n) is 10.7. The Morgan fingerprint density at radius 3 is 2.97 bits per heavy atom. The van der Waals surface area contributed by atoms with Crippen LogP contribution in [0.3, 0.4) is 0 Å². The number of hydrogen-bond acceptors (Lipinski definition) is 5. The van der Waals surface area contributed by atoms with Gasteiger partial charge in [-0.15, -0.1) is 11.3 Å². The highest BCUT2D eigenvalue weighted by atomic mass is 32.2. The van der Waals surface area contributed by atoms with Crippen molar-refractivity contribution in [2.45, 2.75) is 50.0 Å². The molecule has 3 heterocycles. The van der Waals surface area contributed by atoms with E-state index < -0.39 is 0 Å². The van der Waals surface area contributed by atoms with Crippen LogP contribution >= 0.6 is 23.1 Å². The molecule has 152 valence electrons. The Bertz CT molecular complexity index is 1280. The third-order valence-corrected chi connectivity index (χ3v) is 8.43. The second-order valence-corrected chi connectivity index (χ2v) is 10.7. The van der Waals surface area contributed by atoms with Crippen molar-refractivity contribution >= 4 is 50.0 Å². The molecule has 3 aromatic heterocycles. The number of nitrogens with zero attached hydrogens (tertiary/aromatic N) is 2. The Morgan fingerprint density at radius 1 is 1.23 bits per heavy atom. The molecule has 1 aromatic carbocycles. The maximum Gasteiger partial charge on any atom is 0.175 e. The van der Waals surface area contributed by atoms with Crippen LogP contribution in [0.2, 0.25) is 0 Å². The van der Waals surface area contributed by atoms with Crippen molar-refractivity contribution in [2.75, 3.05) is 5.75 Å². The molecular formula is C24H23N3OS2. The lowest BCUT2D eigenvalue weighted by molar-refractivity contribution is 0.102. The average molecular weight is 434 g/mol. The van der Waals surface area contributed by atoms with Gasteiger partial charge in [0.25, 0.3) is 0 Å². The van der Waals surface area contributed by atoms with Gasteiger partial charge in [-0.1, -0.05) is 36.9 Å². The van der Waals surface area contributed by atoms with Gasteiger partial charge in [-0.2, -0.15) is 0 Å². The van der Waals surface area contributed by atoms with E-state index in [1.807, 2.05) is 41.8 Å². The molecule has 0 bridgehead atoms. The second kappa shape index (κ2) is 7.20. The van der Waals surface area contributed by atoms with E-state index in [0.29, 0.717) is 11.7 Å². The van der Waals surface area contributed by atoms with Gasteiger partial charge in [0.1, 0.15) is 15.7 Å². The lowest BCUT2D eigenvalue weighted by Gasteiger charge is -2.18. The van der Waals surface area contributed by atoms with Crippen molar-refractivity contribution < 1.29 is 4.79 Å². The molecule has 2 aliphatic rings. The number of ketones is 1. The number of Topliss-reactive ketones (excluding diaryl/α,β-unsaturated/α-hetero) is 1. The number of aromatic nitrogens is 3. The minimum atomic E-state index is 0.148. The van der Waals surface area contributed by atoms with Crippen LogP contribution in [0.1, 0.15) is 58.7 Å². The molecule has 6 heteroatoms. The van der Waals surface area contributed by atoms with Gasteiger partial charge in [0.2, 0.25) is 0 Å². The molecule has 1 atom stereocenters. The monoisotopic (exact) mass is 433 g/mol. The highest BCUT2D eigenvalue weighted by Gasteiger charge is 2.30. The van der Waals surface area contributed by atoms with Crippen LogP contribution in [0.5, 0.6) is 0 Å². The number of aryl methyl sites for hydroxylation is 1. The number of rotatable bonds is 5. The van der Waals surface area contributed by atoms with E-state index >= 15 is 0 Å². The number of benzene rings is 1. The molecule has 1 fully saturated rings. The van der Waals surface area contributed by atoms with Gasteiger partial charge in [-0.3, -0.25) is 4.79 Å². The van der Waals surface area contributed by atoms with Crippen LogP contribution in [0, 0.1) is 5.92 Å². The molecular weight excluding hydrogens is 410 g/mol. The lowest BCUT2D eigenvalue weighted by Crippen LogP contribution is -2.09. The Kier molecular flexibility index (Phi) is 4.46. The minimum absolute atomic E-state index is 0.148. The molecule has 1 N–H and O–H groups in total. The highest BCUT2D eigenvalue weighted by molar-refractivity contribution is 8.00. The first-order chi connectivity index (χ1) is 14.7. The van der Waals surface area contributed by atoms with Crippen molar-refractivity contribution in [2.24, 2.45) is 5.92 Å². The number of carbonyl (C=O) groups is 1. The van der Waals surface area contributed by atoms with Gasteiger partial charge in [0, 0.05) is 38.8 Å². The van der Waals surface area contributed by atoms with Crippen LogP contribution in [0.25, 0.3) is 21.1 Å². The number of para-hydroxylation sites is 1. The lowest BCUT2D eigenvalue weighted by atomic mass is 9.89. The molecule has 0 radical (unpaired) electrons. The Labute approximate surface area is 183 Å². The third kappa shape index (κ3) is 3.17. The first-order valence-corrected chi connectivity index (χ1v) is 12.5. The Balaban J connectivity index is 1.36. The normalized spacial score (nSPS) is 18.8. The zero-order chi connectivity index (χ0) is 20.2. The van der Waals surface area contributed by atoms with Gasteiger partial charge in [0.05, 0.1) is 5.75 Å². The SMILES string of the molecule is CC1CCc2c(sc3nc(C4CC4)nc(SCC(=O)c4c[nH]c5ccccc45)c23)C1. The second-order valence-electron chi connectivity index (χ2n) is 8.65. The van der Waals surface area contributed by atoms with E-state index in [4.69, 9.17) is 9.97 Å². The predicted molar refractivity (Wildman–Crippen MR) is 124 cm³/mol. The summed E-state index contributed by atoms with van der Waals surface area (Å²) in [5.41, 5.74) is 3.22. The number of nitrogens with one attached hydrogen (secondary N) is 1. The number of fused-ring (bicyclic) bond motifs is 4.